The summed E-state index contributed by atoms with van der Waals surface area (Å²) >= 11 is 0. The normalized spacial score (nSPS) is 11.0. The molecule has 5 heteroatoms. The van der Waals surface area contributed by atoms with Gasteiger partial charge in [-0.15, -0.1) is 0 Å². The van der Waals surface area contributed by atoms with Gasteiger partial charge < -0.3 is 0 Å². The van der Waals surface area contributed by atoms with E-state index < -0.39 is 0 Å². The van der Waals surface area contributed by atoms with Crippen molar-refractivity contribution in [3.8, 4) is 22.8 Å². The molecule has 0 saturated heterocycles. The molecule has 0 atom stereocenters. The maximum Gasteiger partial charge on any atom is 0.163 e. The molecule has 0 spiro atoms. The van der Waals surface area contributed by atoms with Gasteiger partial charge in [0.25, 0.3) is 0 Å². The summed E-state index contributed by atoms with van der Waals surface area (Å²) in [4.78, 5) is 13.2. The molecule has 1 aromatic heterocycles. The first-order valence-corrected chi connectivity index (χ1v) is 7.31. The van der Waals surface area contributed by atoms with E-state index in [4.69, 9.17) is 0 Å². The average Bonchev–Trinajstić information content (AvgIpc) is 2.54. The van der Waals surface area contributed by atoms with Crippen LogP contribution in [-0.4, -0.2) is 15.0 Å². The van der Waals surface area contributed by atoms with Crippen molar-refractivity contribution in [1.29, 1.82) is 0 Å². The van der Waals surface area contributed by atoms with E-state index >= 15 is 0 Å². The molecular weight excluding hydrogens is 296 g/mol. The third-order valence-electron chi connectivity index (χ3n) is 3.33. The second-order valence-electron chi connectivity index (χ2n) is 5.52. The van der Waals surface area contributed by atoms with Gasteiger partial charge in [-0.05, 0) is 24.3 Å². The number of hydrogen-bond acceptors (Lipinski definition) is 3. The van der Waals surface area contributed by atoms with Crippen LogP contribution < -0.4 is 0 Å². The summed E-state index contributed by atoms with van der Waals surface area (Å²) in [6, 6.07) is 12.1. The maximum absolute atomic E-state index is 13.5. The van der Waals surface area contributed by atoms with E-state index in [9.17, 15) is 8.78 Å². The van der Waals surface area contributed by atoms with Gasteiger partial charge in [0.15, 0.2) is 11.6 Å². The van der Waals surface area contributed by atoms with Crippen LogP contribution in [0.15, 0.2) is 48.5 Å². The molecule has 0 aliphatic carbocycles. The minimum absolute atomic E-state index is 0.0672. The smallest absolute Gasteiger partial charge is 0.163 e. The van der Waals surface area contributed by atoms with Gasteiger partial charge in [-0.25, -0.2) is 23.7 Å². The Labute approximate surface area is 133 Å². The lowest BCUT2D eigenvalue weighted by atomic mass is 10.1. The van der Waals surface area contributed by atoms with Crippen LogP contribution in [0.25, 0.3) is 22.8 Å². The van der Waals surface area contributed by atoms with E-state index in [-0.39, 0.29) is 17.6 Å². The van der Waals surface area contributed by atoms with Gasteiger partial charge in [0, 0.05) is 17.0 Å². The Kier molecular flexibility index (Phi) is 4.10. The Hall–Kier alpha value is -2.69. The van der Waals surface area contributed by atoms with E-state index in [0.29, 0.717) is 28.6 Å². The fourth-order valence-electron chi connectivity index (χ4n) is 2.16. The number of halogens is 2. The fraction of sp³-hybridized carbons (Fsp3) is 0.167. The molecule has 3 nitrogen and oxygen atoms in total. The van der Waals surface area contributed by atoms with Crippen molar-refractivity contribution in [2.24, 2.45) is 0 Å². The van der Waals surface area contributed by atoms with Gasteiger partial charge in [-0.1, -0.05) is 38.1 Å². The van der Waals surface area contributed by atoms with Crippen molar-refractivity contribution in [2.45, 2.75) is 19.8 Å². The van der Waals surface area contributed by atoms with E-state index in [2.05, 4.69) is 15.0 Å². The molecule has 0 aliphatic rings. The van der Waals surface area contributed by atoms with Gasteiger partial charge in [-0.3, -0.25) is 0 Å². The molecule has 3 aromatic rings. The largest absolute Gasteiger partial charge is 0.213 e. The van der Waals surface area contributed by atoms with Gasteiger partial charge in [0.05, 0.1) is 0 Å². The molecule has 1 heterocycles. The molecule has 0 N–H and O–H groups in total. The van der Waals surface area contributed by atoms with E-state index in [0.717, 1.165) is 0 Å². The Morgan fingerprint density at radius 2 is 1.22 bits per heavy atom. The molecule has 0 aliphatic heterocycles. The highest BCUT2D eigenvalue weighted by molar-refractivity contribution is 5.61. The molecule has 23 heavy (non-hydrogen) atoms. The van der Waals surface area contributed by atoms with Crippen molar-refractivity contribution in [2.75, 3.05) is 0 Å². The predicted molar refractivity (Wildman–Crippen MR) is 84.7 cm³/mol. The molecule has 0 bridgehead atoms. The van der Waals surface area contributed by atoms with E-state index in [1.54, 1.807) is 24.3 Å². The summed E-state index contributed by atoms with van der Waals surface area (Å²) in [6.45, 7) is 3.92. The van der Waals surface area contributed by atoms with Crippen molar-refractivity contribution in [3.63, 3.8) is 0 Å². The zero-order valence-electron chi connectivity index (χ0n) is 12.8. The van der Waals surface area contributed by atoms with Crippen LogP contribution in [0, 0.1) is 11.6 Å². The lowest BCUT2D eigenvalue weighted by Crippen LogP contribution is -2.04. The number of aromatic nitrogens is 3. The Morgan fingerprint density at radius 1 is 0.739 bits per heavy atom. The fourth-order valence-corrected chi connectivity index (χ4v) is 2.16. The highest BCUT2D eigenvalue weighted by atomic mass is 19.1. The zero-order valence-corrected chi connectivity index (χ0v) is 12.8. The first-order valence-electron chi connectivity index (χ1n) is 7.31. The summed E-state index contributed by atoms with van der Waals surface area (Å²) in [7, 11) is 0. The third-order valence-corrected chi connectivity index (χ3v) is 3.33. The summed E-state index contributed by atoms with van der Waals surface area (Å²) in [6.07, 6.45) is 0. The molecule has 116 valence electrons. The Bertz CT molecular complexity index is 783. The van der Waals surface area contributed by atoms with Crippen molar-refractivity contribution in [3.05, 3.63) is 66.0 Å². The Balaban J connectivity index is 2.17. The number of benzene rings is 2. The second-order valence-corrected chi connectivity index (χ2v) is 5.52. The minimum Gasteiger partial charge on any atom is -0.213 e. The van der Waals surface area contributed by atoms with Crippen LogP contribution in [0.4, 0.5) is 8.78 Å². The SMILES string of the molecule is CC(C)c1nc(-c2cccc(F)c2)nc(-c2cccc(F)c2)n1. The average molecular weight is 311 g/mol. The van der Waals surface area contributed by atoms with Gasteiger partial charge in [0.1, 0.15) is 17.5 Å². The van der Waals surface area contributed by atoms with Gasteiger partial charge in [0.2, 0.25) is 0 Å². The van der Waals surface area contributed by atoms with Crippen LogP contribution in [0.3, 0.4) is 0 Å². The summed E-state index contributed by atoms with van der Waals surface area (Å²) in [5.41, 5.74) is 1.12. The van der Waals surface area contributed by atoms with E-state index in [1.807, 2.05) is 13.8 Å². The predicted octanol–water partition coefficient (Wildman–Crippen LogP) is 4.61. The molecule has 0 saturated carbocycles. The Morgan fingerprint density at radius 3 is 1.61 bits per heavy atom. The lowest BCUT2D eigenvalue weighted by molar-refractivity contribution is 0.628. The zero-order chi connectivity index (χ0) is 16.4. The quantitative estimate of drug-likeness (QED) is 0.709. The van der Waals surface area contributed by atoms with Crippen LogP contribution in [-0.2, 0) is 0 Å². The number of rotatable bonds is 3. The number of hydrogen-bond donors (Lipinski definition) is 0. The summed E-state index contributed by atoms with van der Waals surface area (Å²) in [5.74, 6) is 0.684. The van der Waals surface area contributed by atoms with Gasteiger partial charge >= 0.3 is 0 Å². The highest BCUT2D eigenvalue weighted by Crippen LogP contribution is 2.23. The van der Waals surface area contributed by atoms with Crippen molar-refractivity contribution < 1.29 is 8.78 Å². The van der Waals surface area contributed by atoms with Gasteiger partial charge in [-0.2, -0.15) is 0 Å². The first-order chi connectivity index (χ1) is 11.0. The van der Waals surface area contributed by atoms with Crippen LogP contribution in [0.5, 0.6) is 0 Å². The van der Waals surface area contributed by atoms with Crippen LogP contribution in [0.1, 0.15) is 25.6 Å². The molecular formula is C18H15F2N3. The monoisotopic (exact) mass is 311 g/mol. The minimum atomic E-state index is -0.360. The van der Waals surface area contributed by atoms with Crippen molar-refractivity contribution in [1.82, 2.24) is 15.0 Å². The summed E-state index contributed by atoms with van der Waals surface area (Å²) in [5, 5.41) is 0. The third kappa shape index (κ3) is 3.39. The lowest BCUT2D eigenvalue weighted by Gasteiger charge is -2.10. The summed E-state index contributed by atoms with van der Waals surface area (Å²) < 4.78 is 26.9. The second kappa shape index (κ2) is 6.20. The standard InChI is InChI=1S/C18H15F2N3/c1-11(2)16-21-17(12-5-3-7-14(19)9-12)23-18(22-16)13-6-4-8-15(20)10-13/h3-11H,1-2H3. The van der Waals surface area contributed by atoms with Crippen molar-refractivity contribution >= 4 is 0 Å². The first kappa shape index (κ1) is 15.2. The molecule has 3 rings (SSSR count). The molecule has 0 unspecified atom stereocenters. The van der Waals surface area contributed by atoms with Crippen LogP contribution in [0.2, 0.25) is 0 Å². The molecule has 2 aromatic carbocycles. The molecule has 0 amide bonds. The topological polar surface area (TPSA) is 38.7 Å². The number of nitrogens with zero attached hydrogens (tertiary/aromatic N) is 3. The highest BCUT2D eigenvalue weighted by Gasteiger charge is 2.13. The maximum atomic E-state index is 13.5. The molecule has 0 radical (unpaired) electrons. The van der Waals surface area contributed by atoms with Crippen LogP contribution >= 0.6 is 0 Å². The molecule has 0 fully saturated rings. The van der Waals surface area contributed by atoms with E-state index in [1.165, 1.54) is 24.3 Å².